The zero-order valence-electron chi connectivity index (χ0n) is 47.9. The number of rotatable bonds is 10. The summed E-state index contributed by atoms with van der Waals surface area (Å²) in [5.41, 5.74) is 20.0. The summed E-state index contributed by atoms with van der Waals surface area (Å²) in [5.74, 6) is 0. The van der Waals surface area contributed by atoms with Gasteiger partial charge in [-0.2, -0.15) is 0 Å². The number of benzene rings is 14. The summed E-state index contributed by atoms with van der Waals surface area (Å²) < 4.78 is 9.83. The predicted octanol–water partition coefficient (Wildman–Crippen LogP) is 22.2. The highest BCUT2D eigenvalue weighted by molar-refractivity contribution is 6.21. The van der Waals surface area contributed by atoms with Gasteiger partial charge in [0, 0.05) is 88.6 Å². The Bertz CT molecular complexity index is 5310. The molecule has 0 unspecified atom stereocenters. The molecule has 0 saturated heterocycles. The SMILES string of the molecule is c1ccc(-n2c3cc(N(c4cccc(-n5c6ccccc6c6ccccc65)c4)c4cccc5ccccc45)ccc3c3c2c2ccc(N(c4cccc(-n5c6ccccc6c6ccccc65)c4)c4cccc5ccccc45)cc2n3-c2ccccc2)cc1. The highest BCUT2D eigenvalue weighted by Gasteiger charge is 2.27. The summed E-state index contributed by atoms with van der Waals surface area (Å²) in [5, 5.41) is 11.9. The minimum atomic E-state index is 1.05. The zero-order valence-corrected chi connectivity index (χ0v) is 47.9. The lowest BCUT2D eigenvalue weighted by Gasteiger charge is -2.28. The Morgan fingerprint density at radius 1 is 0.182 bits per heavy atom. The quantitative estimate of drug-likeness (QED) is 0.136. The smallest absolute Gasteiger partial charge is 0.0803 e. The molecule has 0 fully saturated rings. The van der Waals surface area contributed by atoms with E-state index < -0.39 is 0 Å². The number of hydrogen-bond donors (Lipinski definition) is 0. The van der Waals surface area contributed by atoms with Gasteiger partial charge in [-0.25, -0.2) is 0 Å². The van der Waals surface area contributed by atoms with E-state index in [4.69, 9.17) is 0 Å². The lowest BCUT2D eigenvalue weighted by Crippen LogP contribution is -2.11. The van der Waals surface area contributed by atoms with Gasteiger partial charge in [-0.15, -0.1) is 0 Å². The molecular weight excluding hydrogens is 1070 g/mol. The van der Waals surface area contributed by atoms with Gasteiger partial charge in [0.25, 0.3) is 0 Å². The number of fused-ring (bicyclic) bond motifs is 13. The Hall–Kier alpha value is -11.9. The van der Waals surface area contributed by atoms with Crippen LogP contribution in [-0.2, 0) is 0 Å². The first-order valence-electron chi connectivity index (χ1n) is 30.2. The molecule has 0 atom stereocenters. The van der Waals surface area contributed by atoms with Crippen LogP contribution < -0.4 is 9.80 Å². The molecule has 0 spiro atoms. The molecule has 6 heteroatoms. The molecule has 0 aliphatic carbocycles. The van der Waals surface area contributed by atoms with Crippen molar-refractivity contribution in [3.63, 3.8) is 0 Å². The van der Waals surface area contributed by atoms with Crippen LogP contribution in [0.5, 0.6) is 0 Å². The van der Waals surface area contributed by atoms with Gasteiger partial charge >= 0.3 is 0 Å². The van der Waals surface area contributed by atoms with Gasteiger partial charge in [-0.05, 0) is 144 Å². The van der Waals surface area contributed by atoms with E-state index in [0.717, 1.165) is 89.7 Å². The second kappa shape index (κ2) is 19.9. The number of nitrogens with zero attached hydrogens (tertiary/aromatic N) is 6. The van der Waals surface area contributed by atoms with Crippen molar-refractivity contribution in [2.75, 3.05) is 9.80 Å². The van der Waals surface area contributed by atoms with Crippen molar-refractivity contribution in [1.29, 1.82) is 0 Å². The van der Waals surface area contributed by atoms with Crippen LogP contribution >= 0.6 is 0 Å². The van der Waals surface area contributed by atoms with Crippen molar-refractivity contribution < 1.29 is 0 Å². The van der Waals surface area contributed by atoms with E-state index in [9.17, 15) is 0 Å². The van der Waals surface area contributed by atoms with Gasteiger partial charge in [0.1, 0.15) is 0 Å². The fourth-order valence-electron chi connectivity index (χ4n) is 14.3. The second-order valence-electron chi connectivity index (χ2n) is 22.9. The predicted molar refractivity (Wildman–Crippen MR) is 371 cm³/mol. The van der Waals surface area contributed by atoms with Gasteiger partial charge in [0.2, 0.25) is 0 Å². The number of anilines is 6. The highest BCUT2D eigenvalue weighted by Crippen LogP contribution is 2.48. The monoisotopic (exact) mass is 1120 g/mol. The lowest BCUT2D eigenvalue weighted by atomic mass is 10.1. The van der Waals surface area contributed by atoms with Crippen molar-refractivity contribution in [2.24, 2.45) is 0 Å². The molecule has 0 N–H and O–H groups in total. The third-order valence-corrected chi connectivity index (χ3v) is 18.0. The van der Waals surface area contributed by atoms with Gasteiger partial charge in [-0.3, -0.25) is 0 Å². The van der Waals surface area contributed by atoms with E-state index >= 15 is 0 Å². The maximum atomic E-state index is 2.50. The van der Waals surface area contributed by atoms with Crippen LogP contribution in [0.25, 0.3) is 121 Å². The molecule has 4 aromatic heterocycles. The molecular formula is C82H54N6. The molecule has 18 aromatic rings. The molecule has 0 aliphatic rings. The van der Waals surface area contributed by atoms with Gasteiger partial charge in [0.15, 0.2) is 0 Å². The summed E-state index contributed by atoms with van der Waals surface area (Å²) >= 11 is 0. The average Bonchev–Trinajstić information content (AvgIpc) is 1.58. The second-order valence-corrected chi connectivity index (χ2v) is 22.9. The fourth-order valence-corrected chi connectivity index (χ4v) is 14.3. The highest BCUT2D eigenvalue weighted by atomic mass is 15.2. The molecule has 4 heterocycles. The molecule has 0 radical (unpaired) electrons. The van der Waals surface area contributed by atoms with E-state index in [1.807, 2.05) is 0 Å². The van der Waals surface area contributed by atoms with Crippen LogP contribution in [0.4, 0.5) is 34.1 Å². The summed E-state index contributed by atoms with van der Waals surface area (Å²) in [6, 6.07) is 120. The van der Waals surface area contributed by atoms with E-state index in [1.54, 1.807) is 0 Å². The maximum Gasteiger partial charge on any atom is 0.0803 e. The lowest BCUT2D eigenvalue weighted by molar-refractivity contribution is 1.17. The van der Waals surface area contributed by atoms with Crippen LogP contribution in [0, 0.1) is 0 Å². The summed E-state index contributed by atoms with van der Waals surface area (Å²) in [6.07, 6.45) is 0. The van der Waals surface area contributed by atoms with Crippen LogP contribution in [0.15, 0.2) is 328 Å². The van der Waals surface area contributed by atoms with E-state index in [2.05, 4.69) is 356 Å². The van der Waals surface area contributed by atoms with Crippen LogP contribution in [0.1, 0.15) is 0 Å². The molecule has 14 aromatic carbocycles. The van der Waals surface area contributed by atoms with Gasteiger partial charge in [-0.1, -0.05) is 194 Å². The molecule has 0 bridgehead atoms. The first-order chi connectivity index (χ1) is 43.7. The Kier molecular flexibility index (Phi) is 11.2. The third kappa shape index (κ3) is 7.62. The van der Waals surface area contributed by atoms with Crippen molar-refractivity contribution in [3.05, 3.63) is 328 Å². The Balaban J connectivity index is 0.881. The van der Waals surface area contributed by atoms with Crippen molar-refractivity contribution in [3.8, 4) is 22.7 Å². The fraction of sp³-hybridized carbons (Fsp3) is 0. The normalized spacial score (nSPS) is 11.9. The van der Waals surface area contributed by atoms with Gasteiger partial charge < -0.3 is 28.1 Å². The Labute approximate surface area is 507 Å². The molecule has 412 valence electrons. The molecule has 18 rings (SSSR count). The molecule has 88 heavy (non-hydrogen) atoms. The van der Waals surface area contributed by atoms with Gasteiger partial charge in [0.05, 0.1) is 55.5 Å². The van der Waals surface area contributed by atoms with Crippen molar-refractivity contribution in [2.45, 2.75) is 0 Å². The minimum absolute atomic E-state index is 1.05. The Morgan fingerprint density at radius 3 is 0.886 bits per heavy atom. The summed E-state index contributed by atoms with van der Waals surface area (Å²) in [4.78, 5) is 4.92. The minimum Gasteiger partial charge on any atom is -0.310 e. The number of aromatic nitrogens is 4. The van der Waals surface area contributed by atoms with E-state index in [-0.39, 0.29) is 0 Å². The topological polar surface area (TPSA) is 26.2 Å². The zero-order chi connectivity index (χ0) is 57.8. The standard InChI is InChI=1S/C82H54N6/c1-3-27-57(28-4-1)87-79-53-63(83(73-45-19-25-55-23-7-9-35-65(55)73)59-31-21-33-61(51-59)85-75-41-15-11-37-67(75)68-38-12-16-42-76(68)85)47-49-71(79)82-81(87)72-50-48-64(54-80(72)88(82)58-29-5-2-6-30-58)84(74-46-20-26-56-24-8-10-36-66(56)74)60-32-22-34-62(52-60)86-77-43-17-13-39-69(77)70-40-14-18-44-78(70)86/h1-54H. The average molecular weight is 1120 g/mol. The largest absolute Gasteiger partial charge is 0.310 e. The van der Waals surface area contributed by atoms with E-state index in [1.165, 1.54) is 65.2 Å². The summed E-state index contributed by atoms with van der Waals surface area (Å²) in [7, 11) is 0. The molecule has 0 aliphatic heterocycles. The summed E-state index contributed by atoms with van der Waals surface area (Å²) in [6.45, 7) is 0. The Morgan fingerprint density at radius 2 is 0.489 bits per heavy atom. The molecule has 0 saturated carbocycles. The van der Waals surface area contributed by atoms with Crippen LogP contribution in [-0.4, -0.2) is 18.3 Å². The maximum absolute atomic E-state index is 2.50. The van der Waals surface area contributed by atoms with Crippen molar-refractivity contribution >= 4 is 132 Å². The van der Waals surface area contributed by atoms with Crippen LogP contribution in [0.3, 0.4) is 0 Å². The molecule has 0 amide bonds. The first-order valence-corrected chi connectivity index (χ1v) is 30.2. The molecule has 6 nitrogen and oxygen atoms in total. The van der Waals surface area contributed by atoms with E-state index in [0.29, 0.717) is 0 Å². The van der Waals surface area contributed by atoms with Crippen molar-refractivity contribution in [1.82, 2.24) is 18.3 Å². The first kappa shape index (κ1) is 49.6. The van der Waals surface area contributed by atoms with Crippen LogP contribution in [0.2, 0.25) is 0 Å². The number of hydrogen-bond acceptors (Lipinski definition) is 2. The third-order valence-electron chi connectivity index (χ3n) is 18.0. The number of para-hydroxylation sites is 6.